The number of nitrogens with one attached hydrogen (secondary N) is 2. The van der Waals surface area contributed by atoms with Crippen molar-refractivity contribution in [1.29, 1.82) is 0 Å². The standard InChI is InChI=1S/C14H19F3N2O2/c1-2-21-12(20)13(5-7-18-8-6-13)10-3-4-11(19-9-10)14(15,16)17/h3-4,18-19H,2,5-9H2,1H3. The van der Waals surface area contributed by atoms with Crippen molar-refractivity contribution in [3.8, 4) is 0 Å². The summed E-state index contributed by atoms with van der Waals surface area (Å²) in [5, 5.41) is 5.53. The highest BCUT2D eigenvalue weighted by molar-refractivity contribution is 5.81. The maximum Gasteiger partial charge on any atom is 0.430 e. The fraction of sp³-hybridized carbons (Fsp3) is 0.643. The van der Waals surface area contributed by atoms with Crippen LogP contribution in [-0.4, -0.2) is 38.4 Å². The van der Waals surface area contributed by atoms with Crippen molar-refractivity contribution >= 4 is 5.97 Å². The topological polar surface area (TPSA) is 50.4 Å². The highest BCUT2D eigenvalue weighted by Crippen LogP contribution is 2.40. The molecule has 7 heteroatoms. The van der Waals surface area contributed by atoms with Crippen LogP contribution in [0.1, 0.15) is 19.8 Å². The van der Waals surface area contributed by atoms with Crippen LogP contribution >= 0.6 is 0 Å². The maximum atomic E-state index is 12.6. The predicted octanol–water partition coefficient (Wildman–Crippen LogP) is 1.90. The summed E-state index contributed by atoms with van der Waals surface area (Å²) in [6.45, 7) is 3.29. The number of halogens is 3. The van der Waals surface area contributed by atoms with E-state index in [4.69, 9.17) is 4.74 Å². The van der Waals surface area contributed by atoms with E-state index in [1.807, 2.05) is 0 Å². The van der Waals surface area contributed by atoms with Crippen LogP contribution in [0.4, 0.5) is 13.2 Å². The van der Waals surface area contributed by atoms with Crippen molar-refractivity contribution in [1.82, 2.24) is 10.6 Å². The van der Waals surface area contributed by atoms with Crippen molar-refractivity contribution in [2.24, 2.45) is 5.41 Å². The summed E-state index contributed by atoms with van der Waals surface area (Å²) in [7, 11) is 0. The first-order valence-corrected chi connectivity index (χ1v) is 7.00. The van der Waals surface area contributed by atoms with Gasteiger partial charge in [0, 0.05) is 6.54 Å². The van der Waals surface area contributed by atoms with E-state index in [0.29, 0.717) is 31.5 Å². The van der Waals surface area contributed by atoms with Gasteiger partial charge in [-0.15, -0.1) is 0 Å². The number of esters is 1. The van der Waals surface area contributed by atoms with Crippen LogP contribution in [0.2, 0.25) is 0 Å². The Balaban J connectivity index is 2.28. The summed E-state index contributed by atoms with van der Waals surface area (Å²) < 4.78 is 43.0. The highest BCUT2D eigenvalue weighted by Gasteiger charge is 2.45. The molecule has 118 valence electrons. The quantitative estimate of drug-likeness (QED) is 0.782. The second kappa shape index (κ2) is 6.09. The minimum atomic E-state index is -4.40. The zero-order valence-electron chi connectivity index (χ0n) is 11.8. The fourth-order valence-electron chi connectivity index (χ4n) is 2.79. The van der Waals surface area contributed by atoms with Gasteiger partial charge in [-0.1, -0.05) is 6.08 Å². The van der Waals surface area contributed by atoms with Crippen LogP contribution in [0.5, 0.6) is 0 Å². The lowest BCUT2D eigenvalue weighted by Crippen LogP contribution is -2.47. The Bertz CT molecular complexity index is 463. The smallest absolute Gasteiger partial charge is 0.430 e. The molecule has 0 atom stereocenters. The molecule has 2 heterocycles. The third kappa shape index (κ3) is 3.23. The first-order chi connectivity index (χ1) is 9.90. The first kappa shape index (κ1) is 15.9. The Morgan fingerprint density at radius 2 is 2.00 bits per heavy atom. The van der Waals surface area contributed by atoms with E-state index >= 15 is 0 Å². The van der Waals surface area contributed by atoms with Crippen LogP contribution in [-0.2, 0) is 9.53 Å². The fourth-order valence-corrected chi connectivity index (χ4v) is 2.79. The third-order valence-electron chi connectivity index (χ3n) is 3.96. The van der Waals surface area contributed by atoms with Gasteiger partial charge in [-0.3, -0.25) is 4.79 Å². The number of hydrogen-bond acceptors (Lipinski definition) is 4. The van der Waals surface area contributed by atoms with E-state index in [0.717, 1.165) is 6.08 Å². The largest absolute Gasteiger partial charge is 0.465 e. The lowest BCUT2D eigenvalue weighted by atomic mass is 9.72. The molecule has 0 radical (unpaired) electrons. The summed E-state index contributed by atoms with van der Waals surface area (Å²) >= 11 is 0. The van der Waals surface area contributed by atoms with Crippen molar-refractivity contribution < 1.29 is 22.7 Å². The molecule has 0 saturated carbocycles. The lowest BCUT2D eigenvalue weighted by Gasteiger charge is -2.38. The van der Waals surface area contributed by atoms with Gasteiger partial charge >= 0.3 is 12.1 Å². The van der Waals surface area contributed by atoms with Crippen molar-refractivity contribution in [3.63, 3.8) is 0 Å². The number of allylic oxidation sites excluding steroid dienone is 3. The molecule has 2 aliphatic heterocycles. The summed E-state index contributed by atoms with van der Waals surface area (Å²) in [4.78, 5) is 12.3. The van der Waals surface area contributed by atoms with Gasteiger partial charge in [-0.25, -0.2) is 0 Å². The van der Waals surface area contributed by atoms with Gasteiger partial charge in [-0.05, 0) is 44.5 Å². The van der Waals surface area contributed by atoms with Crippen LogP contribution < -0.4 is 10.6 Å². The zero-order valence-corrected chi connectivity index (χ0v) is 11.8. The van der Waals surface area contributed by atoms with Gasteiger partial charge in [0.05, 0.1) is 12.0 Å². The van der Waals surface area contributed by atoms with E-state index in [-0.39, 0.29) is 19.1 Å². The minimum Gasteiger partial charge on any atom is -0.465 e. The second-order valence-electron chi connectivity index (χ2n) is 5.18. The minimum absolute atomic E-state index is 0.0180. The molecule has 2 rings (SSSR count). The first-order valence-electron chi connectivity index (χ1n) is 7.00. The molecule has 0 bridgehead atoms. The van der Waals surface area contributed by atoms with Crippen LogP contribution in [0.15, 0.2) is 23.4 Å². The Hall–Kier alpha value is -1.50. The van der Waals surface area contributed by atoms with Crippen LogP contribution in [0.25, 0.3) is 0 Å². The molecular weight excluding hydrogens is 285 g/mol. The molecule has 0 aromatic heterocycles. The number of dihydropyridines is 1. The molecule has 1 fully saturated rings. The van der Waals surface area contributed by atoms with Gasteiger partial charge in [-0.2, -0.15) is 13.2 Å². The van der Waals surface area contributed by atoms with E-state index in [1.165, 1.54) is 6.08 Å². The van der Waals surface area contributed by atoms with E-state index in [1.54, 1.807) is 6.92 Å². The Kier molecular flexibility index (Phi) is 4.61. The van der Waals surface area contributed by atoms with E-state index < -0.39 is 17.3 Å². The molecule has 0 amide bonds. The number of hydrogen-bond donors (Lipinski definition) is 2. The SMILES string of the molecule is CCOC(=O)C1(C2=CC=C(C(F)(F)F)NC2)CCNCC1. The van der Waals surface area contributed by atoms with Gasteiger partial charge in [0.15, 0.2) is 0 Å². The average molecular weight is 304 g/mol. The van der Waals surface area contributed by atoms with Crippen LogP contribution in [0, 0.1) is 5.41 Å². The zero-order chi connectivity index (χ0) is 15.5. The Labute approximate surface area is 121 Å². The molecule has 21 heavy (non-hydrogen) atoms. The van der Waals surface area contributed by atoms with E-state index in [9.17, 15) is 18.0 Å². The van der Waals surface area contributed by atoms with E-state index in [2.05, 4.69) is 10.6 Å². The Morgan fingerprint density at radius 3 is 2.48 bits per heavy atom. The van der Waals surface area contributed by atoms with Crippen molar-refractivity contribution in [2.45, 2.75) is 25.9 Å². The predicted molar refractivity (Wildman–Crippen MR) is 71.4 cm³/mol. The molecule has 1 saturated heterocycles. The molecule has 0 aromatic carbocycles. The summed E-state index contributed by atoms with van der Waals surface area (Å²) in [6, 6.07) is 0. The van der Waals surface area contributed by atoms with Gasteiger partial charge < -0.3 is 15.4 Å². The molecule has 0 unspecified atom stereocenters. The third-order valence-corrected chi connectivity index (χ3v) is 3.96. The van der Waals surface area contributed by atoms with Crippen molar-refractivity contribution in [3.05, 3.63) is 23.4 Å². The van der Waals surface area contributed by atoms with Crippen molar-refractivity contribution in [2.75, 3.05) is 26.2 Å². The maximum absolute atomic E-state index is 12.6. The molecule has 4 nitrogen and oxygen atoms in total. The van der Waals surface area contributed by atoms with Gasteiger partial charge in [0.1, 0.15) is 5.70 Å². The number of piperidine rings is 1. The second-order valence-corrected chi connectivity index (χ2v) is 5.18. The molecule has 2 N–H and O–H groups in total. The molecule has 0 aliphatic carbocycles. The summed E-state index contributed by atoms with van der Waals surface area (Å²) in [5.74, 6) is -0.344. The van der Waals surface area contributed by atoms with Crippen LogP contribution in [0.3, 0.4) is 0 Å². The molecule has 0 spiro atoms. The number of carbonyl (C=O) groups excluding carboxylic acids is 1. The Morgan fingerprint density at radius 1 is 1.33 bits per heavy atom. The number of carbonyl (C=O) groups is 1. The monoisotopic (exact) mass is 304 g/mol. The summed E-state index contributed by atoms with van der Waals surface area (Å²) in [5.41, 5.74) is -0.934. The van der Waals surface area contributed by atoms with Gasteiger partial charge in [0.2, 0.25) is 0 Å². The molecule has 0 aromatic rings. The number of alkyl halides is 3. The summed E-state index contributed by atoms with van der Waals surface area (Å²) in [6.07, 6.45) is -0.903. The molecule has 2 aliphatic rings. The lowest BCUT2D eigenvalue weighted by molar-refractivity contribution is -0.154. The number of rotatable bonds is 3. The molecular formula is C14H19F3N2O2. The average Bonchev–Trinajstić information content (AvgIpc) is 2.47. The normalized spacial score (nSPS) is 21.9. The highest BCUT2D eigenvalue weighted by atomic mass is 19.4. The number of ether oxygens (including phenoxy) is 1. The van der Waals surface area contributed by atoms with Gasteiger partial charge in [0.25, 0.3) is 0 Å².